The number of unbranched alkanes of at least 4 members (excludes halogenated alkanes) is 4. The number of rotatable bonds is 24. The van der Waals surface area contributed by atoms with Gasteiger partial charge >= 0.3 is 0 Å². The van der Waals surface area contributed by atoms with Crippen LogP contribution in [-0.4, -0.2) is 97.4 Å². The van der Waals surface area contributed by atoms with Gasteiger partial charge in [0, 0.05) is 64.5 Å². The van der Waals surface area contributed by atoms with Crippen molar-refractivity contribution in [1.82, 2.24) is 40.2 Å². The number of hydrogen-bond acceptors (Lipinski definition) is 13. The van der Waals surface area contributed by atoms with Gasteiger partial charge in [-0.3, -0.25) is 38.3 Å². The third-order valence-electron chi connectivity index (χ3n) is 12.9. The summed E-state index contributed by atoms with van der Waals surface area (Å²) in [6.45, 7) is 6.53. The van der Waals surface area contributed by atoms with Crippen LogP contribution in [0.4, 0.5) is 0 Å². The van der Waals surface area contributed by atoms with Crippen LogP contribution in [0.5, 0.6) is 11.5 Å². The van der Waals surface area contributed by atoms with Crippen molar-refractivity contribution in [1.29, 1.82) is 0 Å². The fourth-order valence-corrected chi connectivity index (χ4v) is 10.1. The molecule has 0 saturated heterocycles. The molecular weight excluding hydrogens is 964 g/mol. The maximum absolute atomic E-state index is 13.4. The maximum atomic E-state index is 13.4. The molecule has 73 heavy (non-hydrogen) atoms. The Kier molecular flexibility index (Phi) is 17.7. The smallest absolute Gasteiger partial charge is 0.222 e. The lowest BCUT2D eigenvalue weighted by molar-refractivity contribution is -0.122. The van der Waals surface area contributed by atoms with E-state index < -0.39 is 12.1 Å². The van der Waals surface area contributed by atoms with Crippen molar-refractivity contribution in [3.8, 4) is 22.9 Å². The molecule has 6 aromatic rings. The standard InChI is InChI=1S/C55H61ClN10O6S/c1-6-57-50(69)31-46-54-63-61-34(2)65(54)49-27-23-42(72-5)30-45(49)53(59-46)37-18-24-43(25-19-37)73-33-40(68)14-11-9-7-8-10-13-39(67)15-12-28-58-51(70)32-47-55-64-62-35(3)66(55)48-26-22-41(71-4)29-44(48)52(60-47)36-16-20-38(56)21-17-36/h16-27,29-30,46-47H,6-15,28,31-33H2,1-5H3,(H,57,69)(H,58,70)/t46-,47-/m0/s1. The molecule has 0 bridgehead atoms. The van der Waals surface area contributed by atoms with E-state index in [2.05, 4.69) is 31.0 Å². The number of aromatic nitrogens is 6. The van der Waals surface area contributed by atoms with Crippen LogP contribution in [0.25, 0.3) is 11.4 Å². The number of carbonyl (C=O) groups excluding carboxylic acids is 4. The van der Waals surface area contributed by atoms with Crippen molar-refractivity contribution < 1.29 is 28.7 Å². The number of Topliss-reactive ketones (excluding diaryl/α,β-unsaturated/α-hetero) is 2. The highest BCUT2D eigenvalue weighted by Crippen LogP contribution is 2.37. The van der Waals surface area contributed by atoms with Gasteiger partial charge < -0.3 is 20.1 Å². The largest absolute Gasteiger partial charge is 0.497 e. The highest BCUT2D eigenvalue weighted by Gasteiger charge is 2.32. The summed E-state index contributed by atoms with van der Waals surface area (Å²) >= 11 is 7.75. The normalized spacial score (nSPS) is 14.5. The summed E-state index contributed by atoms with van der Waals surface area (Å²) in [5, 5.41) is 24.1. The molecule has 18 heteroatoms. The molecule has 2 aromatic heterocycles. The Morgan fingerprint density at radius 2 is 1.08 bits per heavy atom. The zero-order chi connectivity index (χ0) is 51.4. The Morgan fingerprint density at radius 1 is 0.603 bits per heavy atom. The fraction of sp³-hybridized carbons (Fsp3) is 0.382. The molecule has 4 aromatic carbocycles. The minimum absolute atomic E-state index is 0.0501. The van der Waals surface area contributed by atoms with Gasteiger partial charge in [-0.05, 0) is 101 Å². The molecule has 0 aliphatic carbocycles. The number of thioether (sulfide) groups is 1. The predicted octanol–water partition coefficient (Wildman–Crippen LogP) is 9.39. The zero-order valence-electron chi connectivity index (χ0n) is 42.0. The summed E-state index contributed by atoms with van der Waals surface area (Å²) < 4.78 is 15.1. The van der Waals surface area contributed by atoms with E-state index in [0.717, 1.165) is 70.6 Å². The molecule has 2 N–H and O–H groups in total. The molecule has 0 saturated carbocycles. The van der Waals surface area contributed by atoms with Crippen LogP contribution in [0.3, 0.4) is 0 Å². The average molecular weight is 1030 g/mol. The van der Waals surface area contributed by atoms with Crippen molar-refractivity contribution >= 4 is 58.2 Å². The van der Waals surface area contributed by atoms with E-state index >= 15 is 0 Å². The number of methoxy groups -OCH3 is 2. The minimum atomic E-state index is -0.618. The van der Waals surface area contributed by atoms with Crippen LogP contribution < -0.4 is 20.1 Å². The lowest BCUT2D eigenvalue weighted by atomic mass is 10.00. The van der Waals surface area contributed by atoms with Crippen LogP contribution >= 0.6 is 23.4 Å². The molecule has 2 amide bonds. The fourth-order valence-electron chi connectivity index (χ4n) is 9.20. The lowest BCUT2D eigenvalue weighted by Crippen LogP contribution is -2.26. The summed E-state index contributed by atoms with van der Waals surface area (Å²) in [5.74, 6) is 4.32. The predicted molar refractivity (Wildman–Crippen MR) is 283 cm³/mol. The molecule has 0 unspecified atom stereocenters. The quantitative estimate of drug-likeness (QED) is 0.0433. The van der Waals surface area contributed by atoms with Crippen LogP contribution in [0.2, 0.25) is 5.02 Å². The van der Waals surface area contributed by atoms with Crippen molar-refractivity contribution in [3.63, 3.8) is 0 Å². The highest BCUT2D eigenvalue weighted by atomic mass is 35.5. The first kappa shape index (κ1) is 52.3. The van der Waals surface area contributed by atoms with Gasteiger partial charge in [-0.15, -0.1) is 32.2 Å². The summed E-state index contributed by atoms with van der Waals surface area (Å²) in [6.07, 6.45) is 6.55. The van der Waals surface area contributed by atoms with Gasteiger partial charge in [0.15, 0.2) is 11.6 Å². The first-order chi connectivity index (χ1) is 35.4. The van der Waals surface area contributed by atoms with Crippen molar-refractivity contribution in [3.05, 3.63) is 136 Å². The number of aliphatic imine (C=N–C) groups is 2. The van der Waals surface area contributed by atoms with Gasteiger partial charge in [0.2, 0.25) is 11.8 Å². The van der Waals surface area contributed by atoms with E-state index in [9.17, 15) is 19.2 Å². The molecule has 16 nitrogen and oxygen atoms in total. The van der Waals surface area contributed by atoms with Crippen LogP contribution in [-0.2, 0) is 19.2 Å². The second-order valence-electron chi connectivity index (χ2n) is 18.1. The Labute approximate surface area is 434 Å². The molecule has 2 aliphatic rings. The van der Waals surface area contributed by atoms with Crippen LogP contribution in [0, 0.1) is 13.8 Å². The SMILES string of the molecule is CCNC(=O)C[C@@H]1N=C(c2ccc(SCC(=O)CCCCCCCC(=O)CCCNC(=O)C[C@@H]3N=C(c4ccc(Cl)cc4)c4cc(OC)ccc4-n4c(C)nnc43)cc2)c2cc(OC)ccc2-n2c(C)nnc21. The highest BCUT2D eigenvalue weighted by molar-refractivity contribution is 8.00. The van der Waals surface area contributed by atoms with E-state index in [1.165, 1.54) is 11.8 Å². The topological polar surface area (TPSA) is 197 Å². The van der Waals surface area contributed by atoms with Crippen LogP contribution in [0.1, 0.15) is 135 Å². The van der Waals surface area contributed by atoms with E-state index in [-0.39, 0.29) is 36.2 Å². The minimum Gasteiger partial charge on any atom is -0.497 e. The maximum Gasteiger partial charge on any atom is 0.222 e. The number of amides is 2. The Hall–Kier alpha value is -6.98. The number of benzene rings is 4. The Bertz CT molecular complexity index is 3020. The molecule has 0 spiro atoms. The number of nitrogens with zero attached hydrogens (tertiary/aromatic N) is 8. The van der Waals surface area contributed by atoms with E-state index in [1.54, 1.807) is 14.2 Å². The number of fused-ring (bicyclic) bond motifs is 6. The number of ketones is 2. The molecule has 4 heterocycles. The van der Waals surface area contributed by atoms with Crippen LogP contribution in [0.15, 0.2) is 99.8 Å². The monoisotopic (exact) mass is 1020 g/mol. The number of aryl methyl sites for hydroxylation is 2. The van der Waals surface area contributed by atoms with E-state index in [4.69, 9.17) is 31.1 Å². The summed E-state index contributed by atoms with van der Waals surface area (Å²) in [4.78, 5) is 63.1. The summed E-state index contributed by atoms with van der Waals surface area (Å²) in [7, 11) is 3.24. The Balaban J connectivity index is 0.744. The van der Waals surface area contributed by atoms with E-state index in [1.807, 2.05) is 115 Å². The number of nitrogens with one attached hydrogen (secondary N) is 2. The summed E-state index contributed by atoms with van der Waals surface area (Å²) in [6, 6.07) is 25.8. The number of carbonyl (C=O) groups is 4. The number of ether oxygens (including phenoxy) is 2. The van der Waals surface area contributed by atoms with Gasteiger partial charge in [0.25, 0.3) is 0 Å². The molecule has 8 rings (SSSR count). The second kappa shape index (κ2) is 24.6. The zero-order valence-corrected chi connectivity index (χ0v) is 43.5. The Morgan fingerprint density at radius 3 is 1.60 bits per heavy atom. The average Bonchev–Trinajstić information content (AvgIpc) is 3.90. The van der Waals surface area contributed by atoms with Crippen molar-refractivity contribution in [2.75, 3.05) is 33.1 Å². The van der Waals surface area contributed by atoms with Gasteiger partial charge in [0.1, 0.15) is 46.8 Å². The lowest BCUT2D eigenvalue weighted by Gasteiger charge is -2.14. The van der Waals surface area contributed by atoms with Crippen molar-refractivity contribution in [2.24, 2.45) is 9.98 Å². The molecular formula is C55H61ClN10O6S. The van der Waals surface area contributed by atoms with Gasteiger partial charge in [-0.25, -0.2) is 0 Å². The number of halogens is 1. The second-order valence-corrected chi connectivity index (χ2v) is 19.6. The molecule has 2 atom stereocenters. The molecule has 2 aliphatic heterocycles. The first-order valence-electron chi connectivity index (χ1n) is 24.9. The summed E-state index contributed by atoms with van der Waals surface area (Å²) in [5.41, 5.74) is 6.45. The van der Waals surface area contributed by atoms with Crippen molar-refractivity contribution in [2.45, 2.75) is 108 Å². The van der Waals surface area contributed by atoms with Gasteiger partial charge in [-0.1, -0.05) is 55.1 Å². The third kappa shape index (κ3) is 12.8. The third-order valence-corrected chi connectivity index (χ3v) is 14.2. The number of hydrogen-bond donors (Lipinski definition) is 2. The molecule has 0 fully saturated rings. The molecule has 0 radical (unpaired) electrons. The van der Waals surface area contributed by atoms with Gasteiger partial charge in [0.05, 0.1) is 55.6 Å². The van der Waals surface area contributed by atoms with E-state index in [0.29, 0.717) is 95.8 Å². The molecule has 380 valence electrons. The van der Waals surface area contributed by atoms with Gasteiger partial charge in [-0.2, -0.15) is 0 Å². The first-order valence-corrected chi connectivity index (χ1v) is 26.2.